The van der Waals surface area contributed by atoms with Crippen LogP contribution < -0.4 is 4.80 Å². The molecule has 0 saturated heterocycles. The van der Waals surface area contributed by atoms with Gasteiger partial charge in [-0.2, -0.15) is 4.99 Å². The summed E-state index contributed by atoms with van der Waals surface area (Å²) < 4.78 is 7.38. The maximum absolute atomic E-state index is 13.0. The number of amides is 1. The Balaban J connectivity index is 1.39. The van der Waals surface area contributed by atoms with Crippen LogP contribution >= 0.6 is 11.3 Å². The van der Waals surface area contributed by atoms with Crippen LogP contribution in [0.3, 0.4) is 0 Å². The number of thiazole rings is 1. The molecule has 4 aliphatic carbocycles. The van der Waals surface area contributed by atoms with Gasteiger partial charge >= 0.3 is 0 Å². The molecule has 1 unspecified atom stereocenters. The van der Waals surface area contributed by atoms with Crippen LogP contribution in [0.15, 0.2) is 4.99 Å². The minimum Gasteiger partial charge on any atom is -0.383 e. The molecule has 4 aliphatic rings. The highest BCUT2D eigenvalue weighted by atomic mass is 32.1. The van der Waals surface area contributed by atoms with Gasteiger partial charge in [0.25, 0.3) is 5.91 Å². The highest BCUT2D eigenvalue weighted by Gasteiger charge is 2.73. The predicted molar refractivity (Wildman–Crippen MR) is 97.1 cm³/mol. The number of aromatic nitrogens is 1. The average molecular weight is 361 g/mol. The molecule has 4 fully saturated rings. The van der Waals surface area contributed by atoms with Crippen molar-refractivity contribution in [2.75, 3.05) is 13.7 Å². The summed E-state index contributed by atoms with van der Waals surface area (Å²) in [7, 11) is 1.72. The van der Waals surface area contributed by atoms with E-state index in [2.05, 4.69) is 23.4 Å². The molecular formula is C20H28N2O2S. The molecule has 1 heterocycles. The molecule has 4 nitrogen and oxygen atoms in total. The second-order valence-corrected chi connectivity index (χ2v) is 9.80. The molecule has 0 spiro atoms. The Hall–Kier alpha value is -0.940. The number of nitrogens with zero attached hydrogens (tertiary/aromatic N) is 2. The highest BCUT2D eigenvalue weighted by molar-refractivity contribution is 7.09. The van der Waals surface area contributed by atoms with E-state index in [1.807, 2.05) is 0 Å². The van der Waals surface area contributed by atoms with Gasteiger partial charge in [-0.3, -0.25) is 4.79 Å². The van der Waals surface area contributed by atoms with Gasteiger partial charge in [0.15, 0.2) is 4.80 Å². The summed E-state index contributed by atoms with van der Waals surface area (Å²) in [5.41, 5.74) is 1.21. The summed E-state index contributed by atoms with van der Waals surface area (Å²) in [6.45, 7) is 5.64. The Morgan fingerprint density at radius 1 is 1.20 bits per heavy atom. The molecule has 1 aromatic heterocycles. The maximum atomic E-state index is 13.0. The monoisotopic (exact) mass is 360 g/mol. The quantitative estimate of drug-likeness (QED) is 0.828. The van der Waals surface area contributed by atoms with Crippen LogP contribution in [-0.2, 0) is 16.1 Å². The fourth-order valence-corrected chi connectivity index (χ4v) is 7.72. The van der Waals surface area contributed by atoms with Gasteiger partial charge in [-0.15, -0.1) is 11.3 Å². The molecule has 0 aromatic carbocycles. The fraction of sp³-hybridized carbons (Fsp3) is 0.800. The van der Waals surface area contributed by atoms with Crippen LogP contribution in [0.1, 0.15) is 36.3 Å². The van der Waals surface area contributed by atoms with Crippen molar-refractivity contribution in [1.29, 1.82) is 0 Å². The van der Waals surface area contributed by atoms with Crippen LogP contribution in [-0.4, -0.2) is 24.2 Å². The van der Waals surface area contributed by atoms with Gasteiger partial charge in [0.05, 0.1) is 6.61 Å². The topological polar surface area (TPSA) is 43.6 Å². The number of methoxy groups -OCH3 is 1. The van der Waals surface area contributed by atoms with Gasteiger partial charge in [0, 0.05) is 30.1 Å². The number of aryl methyl sites for hydroxylation is 1. The third-order valence-electron chi connectivity index (χ3n) is 7.79. The molecule has 0 radical (unpaired) electrons. The molecule has 1 amide bonds. The van der Waals surface area contributed by atoms with Crippen molar-refractivity contribution in [2.45, 2.75) is 46.1 Å². The zero-order valence-corrected chi connectivity index (χ0v) is 16.2. The zero-order valence-electron chi connectivity index (χ0n) is 15.4. The van der Waals surface area contributed by atoms with Crippen LogP contribution in [0.5, 0.6) is 0 Å². The maximum Gasteiger partial charge on any atom is 0.252 e. The molecule has 7 atom stereocenters. The van der Waals surface area contributed by atoms with Crippen LogP contribution in [0.25, 0.3) is 0 Å². The standard InChI is InChI=1S/C20H28N2O2S/c1-10-11(2)25-20(22(10)7-8-24-3)21-19(23)18-16-14-9-15(17(16)18)13-6-4-5-12(13)14/h12-18H,4-9H2,1-3H3/t12-,13+,14+,15-,16+,17-,18?. The Morgan fingerprint density at radius 3 is 2.52 bits per heavy atom. The van der Waals surface area contributed by atoms with Gasteiger partial charge < -0.3 is 9.30 Å². The lowest BCUT2D eigenvalue weighted by Gasteiger charge is -2.23. The first kappa shape index (κ1) is 16.2. The third-order valence-corrected chi connectivity index (χ3v) is 8.89. The Labute approximate surface area is 153 Å². The van der Waals surface area contributed by atoms with Crippen molar-refractivity contribution >= 4 is 17.2 Å². The minimum atomic E-state index is 0.164. The first-order chi connectivity index (χ1) is 12.1. The van der Waals surface area contributed by atoms with Gasteiger partial charge in [0.2, 0.25) is 0 Å². The van der Waals surface area contributed by atoms with E-state index in [9.17, 15) is 4.79 Å². The molecule has 136 valence electrons. The van der Waals surface area contributed by atoms with Crippen LogP contribution in [0.4, 0.5) is 0 Å². The number of ether oxygens (including phenoxy) is 1. The normalized spacial score (nSPS) is 41.2. The Bertz CT molecular complexity index is 757. The van der Waals surface area contributed by atoms with E-state index in [1.165, 1.54) is 36.3 Å². The number of hydrogen-bond acceptors (Lipinski definition) is 3. The largest absolute Gasteiger partial charge is 0.383 e. The number of rotatable bonds is 4. The van der Waals surface area contributed by atoms with Crippen LogP contribution in [0, 0.1) is 55.3 Å². The van der Waals surface area contributed by atoms with Crippen molar-refractivity contribution in [3.63, 3.8) is 0 Å². The molecule has 4 saturated carbocycles. The van der Waals surface area contributed by atoms with Crippen molar-refractivity contribution in [1.82, 2.24) is 4.57 Å². The number of fused-ring (bicyclic) bond motifs is 8. The van der Waals surface area contributed by atoms with Crippen molar-refractivity contribution in [3.8, 4) is 0 Å². The molecule has 5 heteroatoms. The number of carbonyl (C=O) groups excluding carboxylic acids is 1. The molecule has 0 N–H and O–H groups in total. The van der Waals surface area contributed by atoms with Crippen LogP contribution in [0.2, 0.25) is 0 Å². The van der Waals surface area contributed by atoms with Crippen molar-refractivity contribution in [3.05, 3.63) is 15.4 Å². The lowest BCUT2D eigenvalue weighted by atomic mass is 9.82. The van der Waals surface area contributed by atoms with E-state index in [-0.39, 0.29) is 11.8 Å². The fourth-order valence-electron chi connectivity index (χ4n) is 6.72. The summed E-state index contributed by atoms with van der Waals surface area (Å²) in [6.07, 6.45) is 5.69. The predicted octanol–water partition coefficient (Wildman–Crippen LogP) is 3.17. The summed E-state index contributed by atoms with van der Waals surface area (Å²) in [4.78, 5) is 19.7. The average Bonchev–Trinajstić information content (AvgIpc) is 2.93. The summed E-state index contributed by atoms with van der Waals surface area (Å²) >= 11 is 1.65. The molecule has 5 rings (SSSR count). The van der Waals surface area contributed by atoms with Crippen molar-refractivity contribution < 1.29 is 9.53 Å². The molecule has 2 bridgehead atoms. The lowest BCUT2D eigenvalue weighted by Crippen LogP contribution is -2.22. The third kappa shape index (κ3) is 2.27. The Kier molecular flexibility index (Phi) is 3.76. The van der Waals surface area contributed by atoms with Gasteiger partial charge in [0.1, 0.15) is 0 Å². The molecule has 0 aliphatic heterocycles. The van der Waals surface area contributed by atoms with E-state index in [1.54, 1.807) is 18.4 Å². The summed E-state index contributed by atoms with van der Waals surface area (Å²) in [5, 5.41) is 0. The molecule has 25 heavy (non-hydrogen) atoms. The molecular weight excluding hydrogens is 332 g/mol. The zero-order chi connectivity index (χ0) is 17.3. The van der Waals surface area contributed by atoms with E-state index in [4.69, 9.17) is 4.74 Å². The van der Waals surface area contributed by atoms with E-state index >= 15 is 0 Å². The van der Waals surface area contributed by atoms with E-state index in [0.717, 1.165) is 35.0 Å². The summed E-state index contributed by atoms with van der Waals surface area (Å²) in [6, 6.07) is 0. The second-order valence-electron chi connectivity index (χ2n) is 8.62. The second kappa shape index (κ2) is 5.78. The SMILES string of the molecule is COCCn1c(C)c(C)sc1=NC(=O)C1[C@@H]2[C@@H]3C[C@@H]([C@@H]4CCC[C@@H]43)[C@H]12. The summed E-state index contributed by atoms with van der Waals surface area (Å²) in [5.74, 6) is 5.34. The van der Waals surface area contributed by atoms with Crippen molar-refractivity contribution in [2.24, 2.45) is 46.4 Å². The lowest BCUT2D eigenvalue weighted by molar-refractivity contribution is -0.120. The molecule has 1 aromatic rings. The van der Waals surface area contributed by atoms with E-state index < -0.39 is 0 Å². The minimum absolute atomic E-state index is 0.164. The number of hydrogen-bond donors (Lipinski definition) is 0. The van der Waals surface area contributed by atoms with E-state index in [0.29, 0.717) is 18.4 Å². The first-order valence-electron chi connectivity index (χ1n) is 9.86. The highest BCUT2D eigenvalue weighted by Crippen LogP contribution is 2.75. The van der Waals surface area contributed by atoms with Gasteiger partial charge in [-0.05, 0) is 68.6 Å². The van der Waals surface area contributed by atoms with Gasteiger partial charge in [-0.1, -0.05) is 6.42 Å². The van der Waals surface area contributed by atoms with Gasteiger partial charge in [-0.25, -0.2) is 0 Å². The number of carbonyl (C=O) groups is 1. The first-order valence-corrected chi connectivity index (χ1v) is 10.7. The smallest absolute Gasteiger partial charge is 0.252 e. The Morgan fingerprint density at radius 2 is 1.88 bits per heavy atom.